The molecular formula is C12H15N3O5. The molecule has 1 aliphatic heterocycles. The predicted molar refractivity (Wildman–Crippen MR) is 66.9 cm³/mol. The number of hydrogen-bond donors (Lipinski definition) is 3. The Hall–Kier alpha value is -1.95. The number of H-pyrrole nitrogens is 1. The van der Waals surface area contributed by atoms with Crippen molar-refractivity contribution in [1.29, 1.82) is 5.26 Å². The lowest BCUT2D eigenvalue weighted by atomic mass is 9.95. The molecule has 1 aromatic heterocycles. The molecule has 8 nitrogen and oxygen atoms in total. The van der Waals surface area contributed by atoms with Crippen molar-refractivity contribution in [2.45, 2.75) is 37.7 Å². The van der Waals surface area contributed by atoms with Crippen molar-refractivity contribution in [3.63, 3.8) is 0 Å². The van der Waals surface area contributed by atoms with E-state index in [9.17, 15) is 19.8 Å². The minimum atomic E-state index is -1.13. The van der Waals surface area contributed by atoms with Crippen molar-refractivity contribution < 1.29 is 14.9 Å². The lowest BCUT2D eigenvalue weighted by Gasteiger charge is -2.28. The molecule has 3 N–H and O–H groups in total. The van der Waals surface area contributed by atoms with Gasteiger partial charge in [-0.2, -0.15) is 5.26 Å². The molecule has 0 amide bonds. The average molecular weight is 281 g/mol. The van der Waals surface area contributed by atoms with E-state index in [-0.39, 0.29) is 18.6 Å². The Kier molecular flexibility index (Phi) is 3.76. The molecule has 108 valence electrons. The van der Waals surface area contributed by atoms with Crippen LogP contribution in [-0.2, 0) is 4.74 Å². The van der Waals surface area contributed by atoms with E-state index in [1.807, 2.05) is 4.98 Å². The maximum atomic E-state index is 11.8. The predicted octanol–water partition coefficient (Wildman–Crippen LogP) is -1.17. The van der Waals surface area contributed by atoms with Gasteiger partial charge in [-0.1, -0.05) is 6.92 Å². The molecule has 2 heterocycles. The third kappa shape index (κ3) is 2.16. The molecule has 0 saturated carbocycles. The van der Waals surface area contributed by atoms with Crippen LogP contribution in [0.2, 0.25) is 0 Å². The Morgan fingerprint density at radius 1 is 1.65 bits per heavy atom. The minimum Gasteiger partial charge on any atom is -0.393 e. The van der Waals surface area contributed by atoms with Crippen LogP contribution in [0.1, 0.15) is 31.6 Å². The summed E-state index contributed by atoms with van der Waals surface area (Å²) in [4.78, 5) is 25.1. The Labute approximate surface area is 113 Å². The van der Waals surface area contributed by atoms with Gasteiger partial charge in [0.05, 0.1) is 12.7 Å². The molecule has 2 rings (SSSR count). The third-order valence-corrected chi connectivity index (χ3v) is 3.67. The topological polar surface area (TPSA) is 128 Å². The Morgan fingerprint density at radius 3 is 2.85 bits per heavy atom. The quantitative estimate of drug-likeness (QED) is 0.640. The van der Waals surface area contributed by atoms with Crippen LogP contribution in [0.15, 0.2) is 15.8 Å². The summed E-state index contributed by atoms with van der Waals surface area (Å²) in [6.45, 7) is 1.36. The van der Waals surface area contributed by atoms with Crippen LogP contribution in [0.5, 0.6) is 0 Å². The molecule has 1 aromatic rings. The molecule has 20 heavy (non-hydrogen) atoms. The normalized spacial score (nSPS) is 29.3. The summed E-state index contributed by atoms with van der Waals surface area (Å²) < 4.78 is 6.65. The van der Waals surface area contributed by atoms with Crippen molar-refractivity contribution in [3.05, 3.63) is 32.6 Å². The van der Waals surface area contributed by atoms with Crippen molar-refractivity contribution in [2.75, 3.05) is 6.61 Å². The number of rotatable bonds is 3. The van der Waals surface area contributed by atoms with Gasteiger partial charge in [0.1, 0.15) is 23.5 Å². The fourth-order valence-corrected chi connectivity index (χ4v) is 2.33. The van der Waals surface area contributed by atoms with Crippen molar-refractivity contribution >= 4 is 0 Å². The largest absolute Gasteiger partial charge is 0.393 e. The maximum absolute atomic E-state index is 11.8. The molecule has 0 aliphatic carbocycles. The van der Waals surface area contributed by atoms with E-state index in [0.29, 0.717) is 6.42 Å². The van der Waals surface area contributed by atoms with E-state index in [1.54, 1.807) is 13.0 Å². The Bertz CT molecular complexity index is 652. The number of aromatic nitrogens is 2. The second-order valence-corrected chi connectivity index (χ2v) is 4.72. The second-order valence-electron chi connectivity index (χ2n) is 4.72. The average Bonchev–Trinajstić information content (AvgIpc) is 2.76. The number of aliphatic hydroxyl groups excluding tert-OH is 2. The third-order valence-electron chi connectivity index (χ3n) is 3.67. The highest BCUT2D eigenvalue weighted by atomic mass is 16.6. The number of ether oxygens (including phenoxy) is 1. The monoisotopic (exact) mass is 281 g/mol. The van der Waals surface area contributed by atoms with Crippen molar-refractivity contribution in [3.8, 4) is 6.07 Å². The Morgan fingerprint density at radius 2 is 2.35 bits per heavy atom. The van der Waals surface area contributed by atoms with Crippen LogP contribution < -0.4 is 11.2 Å². The van der Waals surface area contributed by atoms with Gasteiger partial charge in [-0.15, -0.1) is 0 Å². The highest BCUT2D eigenvalue weighted by Crippen LogP contribution is 2.37. The zero-order chi connectivity index (χ0) is 14.9. The van der Waals surface area contributed by atoms with E-state index in [0.717, 1.165) is 10.8 Å². The maximum Gasteiger partial charge on any atom is 0.330 e. The lowest BCUT2D eigenvalue weighted by molar-refractivity contribution is -0.130. The van der Waals surface area contributed by atoms with Crippen LogP contribution in [0.4, 0.5) is 0 Å². The summed E-state index contributed by atoms with van der Waals surface area (Å²) in [6.07, 6.45) is -0.225. The van der Waals surface area contributed by atoms with Gasteiger partial charge in [0.25, 0.3) is 5.56 Å². The lowest BCUT2D eigenvalue weighted by Crippen LogP contribution is -2.42. The van der Waals surface area contributed by atoms with Crippen molar-refractivity contribution in [1.82, 2.24) is 9.55 Å². The van der Waals surface area contributed by atoms with Gasteiger partial charge >= 0.3 is 5.69 Å². The first-order chi connectivity index (χ1) is 9.47. The molecule has 0 unspecified atom stereocenters. The standard InChI is InChI=1S/C12H15N3O5/c1-2-12(6-16)8(17)3-9(20-12)15-5-7(4-13)10(18)14-11(15)19/h5,8-9,16-17H,2-3,6H2,1H3,(H,14,18,19)/t8-,9+,12+/m0/s1. The molecule has 1 saturated heterocycles. The minimum absolute atomic E-state index is 0.0885. The number of nitrogens with zero attached hydrogens (tertiary/aromatic N) is 2. The van der Waals surface area contributed by atoms with E-state index in [2.05, 4.69) is 0 Å². The van der Waals surface area contributed by atoms with Gasteiger partial charge in [-0.25, -0.2) is 4.79 Å². The molecule has 0 bridgehead atoms. The molecule has 0 spiro atoms. The van der Waals surface area contributed by atoms with Crippen LogP contribution in [0.25, 0.3) is 0 Å². The van der Waals surface area contributed by atoms with E-state index in [1.165, 1.54) is 0 Å². The highest BCUT2D eigenvalue weighted by Gasteiger charge is 2.47. The van der Waals surface area contributed by atoms with Gasteiger partial charge in [-0.3, -0.25) is 14.3 Å². The van der Waals surface area contributed by atoms with Gasteiger partial charge in [0.15, 0.2) is 0 Å². The van der Waals surface area contributed by atoms with Gasteiger partial charge < -0.3 is 14.9 Å². The second kappa shape index (κ2) is 5.20. The molecule has 1 aliphatic rings. The molecule has 1 fully saturated rings. The molecule has 3 atom stereocenters. The molecule has 8 heteroatoms. The summed E-state index contributed by atoms with van der Waals surface area (Å²) in [5, 5.41) is 28.2. The zero-order valence-corrected chi connectivity index (χ0v) is 10.9. The zero-order valence-electron chi connectivity index (χ0n) is 10.9. The highest BCUT2D eigenvalue weighted by molar-refractivity contribution is 5.22. The number of aliphatic hydroxyl groups is 2. The number of aromatic amines is 1. The molecular weight excluding hydrogens is 266 g/mol. The smallest absolute Gasteiger partial charge is 0.330 e. The summed E-state index contributed by atoms with van der Waals surface area (Å²) in [6, 6.07) is 1.68. The number of nitrogens with one attached hydrogen (secondary N) is 1. The number of hydrogen-bond acceptors (Lipinski definition) is 6. The van der Waals surface area contributed by atoms with Crippen LogP contribution >= 0.6 is 0 Å². The first-order valence-electron chi connectivity index (χ1n) is 6.19. The summed E-state index contributed by atoms with van der Waals surface area (Å²) in [5.41, 5.74) is -2.85. The SMILES string of the molecule is CC[C@]1(CO)O[C@@H](n2cc(C#N)c(=O)[nH]c2=O)C[C@@H]1O. The van der Waals surface area contributed by atoms with E-state index in [4.69, 9.17) is 10.00 Å². The van der Waals surface area contributed by atoms with Crippen LogP contribution in [0.3, 0.4) is 0 Å². The molecule has 0 aromatic carbocycles. The van der Waals surface area contributed by atoms with Crippen LogP contribution in [0, 0.1) is 11.3 Å². The first kappa shape index (κ1) is 14.5. The van der Waals surface area contributed by atoms with Crippen LogP contribution in [-0.4, -0.2) is 38.1 Å². The van der Waals surface area contributed by atoms with E-state index >= 15 is 0 Å². The Balaban J connectivity index is 2.43. The molecule has 0 radical (unpaired) electrons. The van der Waals surface area contributed by atoms with Gasteiger partial charge in [-0.05, 0) is 6.42 Å². The summed E-state index contributed by atoms with van der Waals surface area (Å²) in [7, 11) is 0. The fraction of sp³-hybridized carbons (Fsp3) is 0.583. The van der Waals surface area contributed by atoms with Gasteiger partial charge in [0, 0.05) is 12.6 Å². The van der Waals surface area contributed by atoms with Gasteiger partial charge in [0.2, 0.25) is 0 Å². The van der Waals surface area contributed by atoms with Crippen molar-refractivity contribution in [2.24, 2.45) is 0 Å². The summed E-state index contributed by atoms with van der Waals surface area (Å²) in [5.74, 6) is 0. The van der Waals surface area contributed by atoms with E-state index < -0.39 is 29.2 Å². The fourth-order valence-electron chi connectivity index (χ4n) is 2.33. The number of nitriles is 1. The first-order valence-corrected chi connectivity index (χ1v) is 6.19. The summed E-state index contributed by atoms with van der Waals surface area (Å²) >= 11 is 0.